The maximum Gasteiger partial charge on any atom is 0.309 e. The third-order valence-electron chi connectivity index (χ3n) is 3.48. The molecule has 0 aliphatic heterocycles. The highest BCUT2D eigenvalue weighted by Gasteiger charge is 2.19. The van der Waals surface area contributed by atoms with Gasteiger partial charge in [0, 0.05) is 13.1 Å². The second-order valence-corrected chi connectivity index (χ2v) is 5.15. The fourth-order valence-electron chi connectivity index (χ4n) is 2.63. The van der Waals surface area contributed by atoms with Crippen LogP contribution in [0, 0.1) is 11.8 Å². The first-order valence-corrected chi connectivity index (χ1v) is 6.40. The molecule has 0 saturated heterocycles. The van der Waals surface area contributed by atoms with Crippen molar-refractivity contribution >= 4 is 5.97 Å². The Labute approximate surface area is 99.1 Å². The van der Waals surface area contributed by atoms with E-state index in [1.165, 1.54) is 39.2 Å². The zero-order valence-corrected chi connectivity index (χ0v) is 10.9. The van der Waals surface area contributed by atoms with Crippen molar-refractivity contribution in [1.82, 2.24) is 4.90 Å². The van der Waals surface area contributed by atoms with Crippen molar-refractivity contribution in [3.8, 4) is 0 Å². The Bertz CT molecular complexity index is 212. The summed E-state index contributed by atoms with van der Waals surface area (Å²) in [5.74, 6) is 0.720. The third kappa shape index (κ3) is 4.52. The number of methoxy groups -OCH3 is 1. The number of hydrogen-bond donors (Lipinski definition) is 0. The predicted molar refractivity (Wildman–Crippen MR) is 65.3 cm³/mol. The minimum absolute atomic E-state index is 0.0152. The molecule has 0 heterocycles. The Morgan fingerprint density at radius 3 is 2.56 bits per heavy atom. The van der Waals surface area contributed by atoms with Crippen molar-refractivity contribution in [3.05, 3.63) is 0 Å². The van der Waals surface area contributed by atoms with E-state index in [0.717, 1.165) is 19.0 Å². The Hall–Kier alpha value is -0.570. The molecule has 1 unspecified atom stereocenters. The van der Waals surface area contributed by atoms with Crippen LogP contribution in [0.4, 0.5) is 0 Å². The lowest BCUT2D eigenvalue weighted by Gasteiger charge is -2.28. The fraction of sp³-hybridized carbons (Fsp3) is 0.923. The predicted octanol–water partition coefficient (Wildman–Crippen LogP) is 2.31. The number of esters is 1. The molecule has 0 N–H and O–H groups in total. The lowest BCUT2D eigenvalue weighted by molar-refractivity contribution is -0.145. The third-order valence-corrected chi connectivity index (χ3v) is 3.48. The zero-order chi connectivity index (χ0) is 12.0. The van der Waals surface area contributed by atoms with Crippen molar-refractivity contribution in [2.24, 2.45) is 11.8 Å². The summed E-state index contributed by atoms with van der Waals surface area (Å²) in [5.41, 5.74) is 0. The van der Waals surface area contributed by atoms with Gasteiger partial charge in [0.05, 0.1) is 13.0 Å². The van der Waals surface area contributed by atoms with Crippen LogP contribution in [-0.2, 0) is 9.53 Å². The van der Waals surface area contributed by atoms with E-state index in [2.05, 4.69) is 11.9 Å². The highest BCUT2D eigenvalue weighted by atomic mass is 16.5. The molecule has 1 fully saturated rings. The van der Waals surface area contributed by atoms with E-state index >= 15 is 0 Å². The largest absolute Gasteiger partial charge is 0.469 e. The van der Waals surface area contributed by atoms with Gasteiger partial charge in [-0.25, -0.2) is 0 Å². The van der Waals surface area contributed by atoms with E-state index in [1.807, 2.05) is 6.92 Å². The van der Waals surface area contributed by atoms with E-state index < -0.39 is 0 Å². The first kappa shape index (κ1) is 13.5. The van der Waals surface area contributed by atoms with E-state index in [9.17, 15) is 4.79 Å². The lowest BCUT2D eigenvalue weighted by atomic mass is 9.89. The summed E-state index contributed by atoms with van der Waals surface area (Å²) in [6, 6.07) is 0. The van der Waals surface area contributed by atoms with Gasteiger partial charge in [-0.15, -0.1) is 0 Å². The number of hydrogen-bond acceptors (Lipinski definition) is 3. The average molecular weight is 227 g/mol. The molecule has 0 bridgehead atoms. The van der Waals surface area contributed by atoms with Crippen LogP contribution in [-0.4, -0.2) is 38.1 Å². The second kappa shape index (κ2) is 6.89. The van der Waals surface area contributed by atoms with Crippen LogP contribution in [0.1, 0.15) is 39.0 Å². The van der Waals surface area contributed by atoms with Crippen LogP contribution in [0.3, 0.4) is 0 Å². The number of nitrogens with zero attached hydrogens (tertiary/aromatic N) is 1. The maximum absolute atomic E-state index is 11.3. The molecule has 0 spiro atoms. The Kier molecular flexibility index (Phi) is 5.81. The number of ether oxygens (including phenoxy) is 1. The zero-order valence-electron chi connectivity index (χ0n) is 10.9. The van der Waals surface area contributed by atoms with Crippen molar-refractivity contribution in [3.63, 3.8) is 0 Å². The molecule has 0 aromatic carbocycles. The summed E-state index contributed by atoms with van der Waals surface area (Å²) in [4.78, 5) is 13.6. The van der Waals surface area contributed by atoms with Gasteiger partial charge in [-0.05, 0) is 25.8 Å². The number of rotatable bonds is 5. The van der Waals surface area contributed by atoms with Crippen LogP contribution in [0.2, 0.25) is 0 Å². The molecular formula is C13H25NO2. The molecule has 0 amide bonds. The number of carbonyl (C=O) groups excluding carboxylic acids is 1. The van der Waals surface area contributed by atoms with Crippen molar-refractivity contribution < 1.29 is 9.53 Å². The molecule has 1 aliphatic rings. The summed E-state index contributed by atoms with van der Waals surface area (Å²) in [6.07, 6.45) is 6.88. The van der Waals surface area contributed by atoms with E-state index in [-0.39, 0.29) is 11.9 Å². The maximum atomic E-state index is 11.3. The van der Waals surface area contributed by atoms with Gasteiger partial charge in [0.2, 0.25) is 0 Å². The molecule has 1 rings (SSSR count). The molecule has 3 nitrogen and oxygen atoms in total. The molecule has 0 aromatic heterocycles. The molecule has 3 heteroatoms. The van der Waals surface area contributed by atoms with E-state index in [0.29, 0.717) is 0 Å². The molecule has 1 aliphatic carbocycles. The summed E-state index contributed by atoms with van der Waals surface area (Å²) in [5, 5.41) is 0. The van der Waals surface area contributed by atoms with Crippen LogP contribution in [0.25, 0.3) is 0 Å². The van der Waals surface area contributed by atoms with Crippen molar-refractivity contribution in [2.75, 3.05) is 27.2 Å². The van der Waals surface area contributed by atoms with Crippen LogP contribution < -0.4 is 0 Å². The molecule has 0 radical (unpaired) electrons. The SMILES string of the molecule is COC(=O)C(C)CN(C)CC1CCCCC1. The van der Waals surface area contributed by atoms with Gasteiger partial charge in [-0.2, -0.15) is 0 Å². The quantitative estimate of drug-likeness (QED) is 0.675. The summed E-state index contributed by atoms with van der Waals surface area (Å²) in [7, 11) is 3.56. The van der Waals surface area contributed by atoms with Crippen molar-refractivity contribution in [2.45, 2.75) is 39.0 Å². The van der Waals surface area contributed by atoms with Gasteiger partial charge >= 0.3 is 5.97 Å². The van der Waals surface area contributed by atoms with Gasteiger partial charge in [0.15, 0.2) is 0 Å². The highest BCUT2D eigenvalue weighted by molar-refractivity contribution is 5.71. The highest BCUT2D eigenvalue weighted by Crippen LogP contribution is 2.24. The summed E-state index contributed by atoms with van der Waals surface area (Å²) in [6.45, 7) is 3.87. The smallest absolute Gasteiger partial charge is 0.309 e. The van der Waals surface area contributed by atoms with Gasteiger partial charge in [-0.1, -0.05) is 26.2 Å². The molecular weight excluding hydrogens is 202 g/mol. The number of carbonyl (C=O) groups is 1. The van der Waals surface area contributed by atoms with Gasteiger partial charge < -0.3 is 9.64 Å². The summed E-state index contributed by atoms with van der Waals surface area (Å²) >= 11 is 0. The second-order valence-electron chi connectivity index (χ2n) is 5.15. The van der Waals surface area contributed by atoms with Crippen LogP contribution in [0.5, 0.6) is 0 Å². The standard InChI is InChI=1S/C13H25NO2/c1-11(13(15)16-3)9-14(2)10-12-7-5-4-6-8-12/h11-12H,4-10H2,1-3H3. The minimum atomic E-state index is -0.101. The van der Waals surface area contributed by atoms with Crippen LogP contribution >= 0.6 is 0 Å². The molecule has 16 heavy (non-hydrogen) atoms. The van der Waals surface area contributed by atoms with Gasteiger partial charge in [0.1, 0.15) is 0 Å². The van der Waals surface area contributed by atoms with Crippen molar-refractivity contribution in [1.29, 1.82) is 0 Å². The topological polar surface area (TPSA) is 29.5 Å². The van der Waals surface area contributed by atoms with E-state index in [4.69, 9.17) is 4.74 Å². The first-order chi connectivity index (χ1) is 7.63. The molecule has 0 aromatic rings. The Balaban J connectivity index is 2.23. The minimum Gasteiger partial charge on any atom is -0.469 e. The monoisotopic (exact) mass is 227 g/mol. The molecule has 1 atom stereocenters. The lowest BCUT2D eigenvalue weighted by Crippen LogP contribution is -2.33. The average Bonchev–Trinajstić information content (AvgIpc) is 2.29. The Morgan fingerprint density at radius 2 is 2.00 bits per heavy atom. The van der Waals surface area contributed by atoms with Gasteiger partial charge in [0.25, 0.3) is 0 Å². The fourth-order valence-corrected chi connectivity index (χ4v) is 2.63. The van der Waals surface area contributed by atoms with Gasteiger partial charge in [-0.3, -0.25) is 4.79 Å². The first-order valence-electron chi connectivity index (χ1n) is 6.40. The summed E-state index contributed by atoms with van der Waals surface area (Å²) < 4.78 is 4.74. The Morgan fingerprint density at radius 1 is 1.38 bits per heavy atom. The van der Waals surface area contributed by atoms with Crippen LogP contribution in [0.15, 0.2) is 0 Å². The molecule has 94 valence electrons. The normalized spacial score (nSPS) is 19.8. The molecule has 1 saturated carbocycles. The van der Waals surface area contributed by atoms with E-state index in [1.54, 1.807) is 0 Å².